The van der Waals surface area contributed by atoms with Crippen LogP contribution in [0.1, 0.15) is 58.8 Å². The molecule has 110 valence electrons. The number of rotatable bonds is 6. The van der Waals surface area contributed by atoms with E-state index in [-0.39, 0.29) is 0 Å². The summed E-state index contributed by atoms with van der Waals surface area (Å²) in [5.74, 6) is 3.92. The van der Waals surface area contributed by atoms with Gasteiger partial charge >= 0.3 is 0 Å². The highest BCUT2D eigenvalue weighted by Gasteiger charge is 2.58. The van der Waals surface area contributed by atoms with Crippen molar-refractivity contribution in [3.8, 4) is 0 Å². The fraction of sp³-hybridized carbons (Fsp3) is 1.00. The molecule has 4 rings (SSSR count). The highest BCUT2D eigenvalue weighted by Crippen LogP contribution is 2.59. The largest absolute Gasteiger partial charge is 0.329 e. The molecule has 0 amide bonds. The summed E-state index contributed by atoms with van der Waals surface area (Å²) in [5.41, 5.74) is 6.78. The predicted octanol–water partition coefficient (Wildman–Crippen LogP) is 3.26. The van der Waals surface area contributed by atoms with Crippen LogP contribution in [-0.2, 0) is 0 Å². The van der Waals surface area contributed by atoms with Crippen LogP contribution in [0, 0.1) is 23.7 Å². The molecule has 2 heteroatoms. The van der Waals surface area contributed by atoms with E-state index in [1.54, 1.807) is 0 Å². The fourth-order valence-corrected chi connectivity index (χ4v) is 6.05. The van der Waals surface area contributed by atoms with E-state index in [0.29, 0.717) is 5.54 Å². The first-order valence-corrected chi connectivity index (χ1v) is 8.69. The third-order valence-electron chi connectivity index (χ3n) is 6.45. The van der Waals surface area contributed by atoms with Crippen LogP contribution in [0.3, 0.4) is 0 Å². The molecule has 0 aromatic rings. The van der Waals surface area contributed by atoms with Gasteiger partial charge in [-0.15, -0.1) is 0 Å². The molecule has 0 spiro atoms. The van der Waals surface area contributed by atoms with Crippen LogP contribution < -0.4 is 5.73 Å². The molecule has 4 aliphatic rings. The van der Waals surface area contributed by atoms with Crippen molar-refractivity contribution in [2.24, 2.45) is 29.4 Å². The predicted molar refractivity (Wildman–Crippen MR) is 81.0 cm³/mol. The van der Waals surface area contributed by atoms with Crippen LogP contribution in [-0.4, -0.2) is 30.1 Å². The number of hydrogen-bond donors (Lipinski definition) is 1. The maximum Gasteiger partial charge on any atom is 0.0388 e. The van der Waals surface area contributed by atoms with Gasteiger partial charge in [0, 0.05) is 12.1 Å². The van der Waals surface area contributed by atoms with Crippen molar-refractivity contribution in [1.29, 1.82) is 0 Å². The van der Waals surface area contributed by atoms with E-state index in [9.17, 15) is 0 Å². The highest BCUT2D eigenvalue weighted by molar-refractivity contribution is 5.12. The molecule has 0 unspecified atom stereocenters. The Morgan fingerprint density at radius 3 is 1.74 bits per heavy atom. The van der Waals surface area contributed by atoms with Gasteiger partial charge in [0.1, 0.15) is 0 Å². The van der Waals surface area contributed by atoms with Crippen molar-refractivity contribution in [1.82, 2.24) is 4.90 Å². The van der Waals surface area contributed by atoms with Gasteiger partial charge in [-0.05, 0) is 81.7 Å². The monoisotopic (exact) mass is 264 g/mol. The highest BCUT2D eigenvalue weighted by atomic mass is 15.2. The topological polar surface area (TPSA) is 29.3 Å². The Hall–Kier alpha value is -0.0800. The SMILES string of the molecule is CCCN(CCC)C1(CN)C2CC3CC(C2)CC1C3. The third kappa shape index (κ3) is 2.06. The summed E-state index contributed by atoms with van der Waals surface area (Å²) in [4.78, 5) is 2.82. The molecule has 0 atom stereocenters. The lowest BCUT2D eigenvalue weighted by Gasteiger charge is -2.64. The van der Waals surface area contributed by atoms with Crippen molar-refractivity contribution in [3.05, 3.63) is 0 Å². The summed E-state index contributed by atoms with van der Waals surface area (Å²) in [7, 11) is 0. The summed E-state index contributed by atoms with van der Waals surface area (Å²) >= 11 is 0. The Morgan fingerprint density at radius 2 is 1.37 bits per heavy atom. The van der Waals surface area contributed by atoms with Gasteiger partial charge in [-0.1, -0.05) is 13.8 Å². The van der Waals surface area contributed by atoms with Gasteiger partial charge in [0.15, 0.2) is 0 Å². The van der Waals surface area contributed by atoms with Gasteiger partial charge < -0.3 is 5.73 Å². The van der Waals surface area contributed by atoms with Crippen molar-refractivity contribution in [2.75, 3.05) is 19.6 Å². The molecule has 0 heterocycles. The van der Waals surface area contributed by atoms with Gasteiger partial charge in [-0.3, -0.25) is 4.90 Å². The zero-order valence-corrected chi connectivity index (χ0v) is 12.9. The molecule has 19 heavy (non-hydrogen) atoms. The molecule has 4 fully saturated rings. The van der Waals surface area contributed by atoms with Crippen LogP contribution >= 0.6 is 0 Å². The van der Waals surface area contributed by atoms with E-state index in [1.807, 2.05) is 0 Å². The van der Waals surface area contributed by atoms with E-state index in [0.717, 1.165) is 30.2 Å². The lowest BCUT2D eigenvalue weighted by Crippen LogP contribution is -2.69. The Kier molecular flexibility index (Phi) is 3.92. The Labute approximate surface area is 119 Å². The number of hydrogen-bond acceptors (Lipinski definition) is 2. The second-order valence-electron chi connectivity index (χ2n) is 7.49. The fourth-order valence-electron chi connectivity index (χ4n) is 6.05. The molecule has 2 N–H and O–H groups in total. The first-order chi connectivity index (χ1) is 9.24. The summed E-state index contributed by atoms with van der Waals surface area (Å²) in [6.07, 6.45) is 10.0. The molecule has 4 bridgehead atoms. The van der Waals surface area contributed by atoms with Gasteiger partial charge in [-0.2, -0.15) is 0 Å². The van der Waals surface area contributed by atoms with Crippen LogP contribution in [0.25, 0.3) is 0 Å². The molecule has 0 saturated heterocycles. The summed E-state index contributed by atoms with van der Waals surface area (Å²) < 4.78 is 0. The minimum atomic E-state index is 0.374. The molecular formula is C17H32N2. The zero-order valence-electron chi connectivity index (χ0n) is 12.9. The van der Waals surface area contributed by atoms with Crippen molar-refractivity contribution < 1.29 is 0 Å². The van der Waals surface area contributed by atoms with E-state index in [1.165, 1.54) is 58.0 Å². The molecule has 0 radical (unpaired) electrons. The average molecular weight is 264 g/mol. The molecule has 0 aromatic carbocycles. The van der Waals surface area contributed by atoms with Gasteiger partial charge in [0.2, 0.25) is 0 Å². The van der Waals surface area contributed by atoms with Crippen molar-refractivity contribution in [3.63, 3.8) is 0 Å². The van der Waals surface area contributed by atoms with Crippen LogP contribution in [0.2, 0.25) is 0 Å². The minimum absolute atomic E-state index is 0.374. The van der Waals surface area contributed by atoms with E-state index < -0.39 is 0 Å². The standard InChI is InChI=1S/C17H32N2/c1-3-5-19(6-4-2)17(12-18)15-8-13-7-14(10-15)11-16(17)9-13/h13-16H,3-12,18H2,1-2H3. The molecule has 0 aliphatic heterocycles. The van der Waals surface area contributed by atoms with Crippen molar-refractivity contribution in [2.45, 2.75) is 64.3 Å². The van der Waals surface area contributed by atoms with Gasteiger partial charge in [0.05, 0.1) is 0 Å². The van der Waals surface area contributed by atoms with E-state index in [2.05, 4.69) is 18.7 Å². The Bertz CT molecular complexity index is 278. The normalized spacial score (nSPS) is 44.2. The lowest BCUT2D eigenvalue weighted by molar-refractivity contribution is -0.131. The summed E-state index contributed by atoms with van der Waals surface area (Å²) in [5, 5.41) is 0. The first-order valence-electron chi connectivity index (χ1n) is 8.69. The zero-order chi connectivity index (χ0) is 13.5. The Morgan fingerprint density at radius 1 is 0.895 bits per heavy atom. The van der Waals surface area contributed by atoms with Crippen LogP contribution in [0.5, 0.6) is 0 Å². The van der Waals surface area contributed by atoms with Gasteiger partial charge in [-0.25, -0.2) is 0 Å². The van der Waals surface area contributed by atoms with Gasteiger partial charge in [0.25, 0.3) is 0 Å². The Balaban J connectivity index is 1.88. The third-order valence-corrected chi connectivity index (χ3v) is 6.45. The molecule has 0 aromatic heterocycles. The lowest BCUT2D eigenvalue weighted by atomic mass is 9.48. The quantitative estimate of drug-likeness (QED) is 0.798. The smallest absolute Gasteiger partial charge is 0.0388 e. The number of nitrogens with zero attached hydrogens (tertiary/aromatic N) is 1. The van der Waals surface area contributed by atoms with Crippen molar-refractivity contribution >= 4 is 0 Å². The maximum absolute atomic E-state index is 6.41. The van der Waals surface area contributed by atoms with Crippen LogP contribution in [0.15, 0.2) is 0 Å². The van der Waals surface area contributed by atoms with E-state index >= 15 is 0 Å². The number of nitrogens with two attached hydrogens (primary N) is 1. The summed E-state index contributed by atoms with van der Waals surface area (Å²) in [6.45, 7) is 8.06. The maximum atomic E-state index is 6.41. The molecule has 2 nitrogen and oxygen atoms in total. The molecule has 4 aliphatic carbocycles. The second kappa shape index (κ2) is 5.37. The second-order valence-corrected chi connectivity index (χ2v) is 7.49. The molecular weight excluding hydrogens is 232 g/mol. The minimum Gasteiger partial charge on any atom is -0.329 e. The first kappa shape index (κ1) is 13.9. The molecule has 4 saturated carbocycles. The summed E-state index contributed by atoms with van der Waals surface area (Å²) in [6, 6.07) is 0. The average Bonchev–Trinajstić information content (AvgIpc) is 2.39. The van der Waals surface area contributed by atoms with E-state index in [4.69, 9.17) is 5.73 Å². The van der Waals surface area contributed by atoms with Crippen LogP contribution in [0.4, 0.5) is 0 Å².